The van der Waals surface area contributed by atoms with E-state index in [1.165, 1.54) is 0 Å². The second-order valence-electron chi connectivity index (χ2n) is 5.10. The van der Waals surface area contributed by atoms with E-state index in [-0.39, 0.29) is 5.56 Å². The van der Waals surface area contributed by atoms with Crippen LogP contribution in [-0.2, 0) is 0 Å². The van der Waals surface area contributed by atoms with E-state index in [2.05, 4.69) is 27.5 Å². The molecule has 0 atom stereocenters. The van der Waals surface area contributed by atoms with Gasteiger partial charge in [-0.05, 0) is 27.6 Å². The van der Waals surface area contributed by atoms with Crippen LogP contribution < -0.4 is 0 Å². The lowest BCUT2D eigenvalue weighted by Gasteiger charge is -2.31. The molecule has 0 radical (unpaired) electrons. The van der Waals surface area contributed by atoms with Crippen LogP contribution in [0.5, 0.6) is 0 Å². The molecule has 0 spiro atoms. The van der Waals surface area contributed by atoms with Crippen molar-refractivity contribution in [3.05, 3.63) is 88.3 Å². The molecule has 1 aliphatic heterocycles. The van der Waals surface area contributed by atoms with Gasteiger partial charge in [0.05, 0.1) is 23.7 Å². The largest absolute Gasteiger partial charge is 0.343 e. The van der Waals surface area contributed by atoms with E-state index in [1.54, 1.807) is 11.9 Å². The highest BCUT2D eigenvalue weighted by Crippen LogP contribution is 2.41. The van der Waals surface area contributed by atoms with Gasteiger partial charge in [-0.15, -0.1) is 0 Å². The fraction of sp³-hybridized carbons (Fsp3) is 0.150. The Morgan fingerprint density at radius 2 is 1.60 bits per heavy atom. The Bertz CT molecular complexity index is 822. The number of nitrogens with zero attached hydrogens (tertiary/aromatic N) is 2. The van der Waals surface area contributed by atoms with Crippen LogP contribution in [0.25, 0.3) is 11.3 Å². The number of pyridine rings is 1. The highest BCUT2D eigenvalue weighted by atomic mass is 79.9. The predicted octanol–water partition coefficient (Wildman–Crippen LogP) is 5.99. The van der Waals surface area contributed by atoms with E-state index in [0.717, 1.165) is 22.4 Å². The van der Waals surface area contributed by atoms with Crippen LogP contribution in [0.3, 0.4) is 0 Å². The van der Waals surface area contributed by atoms with Gasteiger partial charge in [0, 0.05) is 22.8 Å². The SMILES string of the molecule is C=C1C(Br)=CC(c2ccccc2)=C(c2c(F)cncc2F)N1C.CC. The van der Waals surface area contributed by atoms with Gasteiger partial charge in [0.25, 0.3) is 0 Å². The summed E-state index contributed by atoms with van der Waals surface area (Å²) in [5, 5.41) is 0. The van der Waals surface area contributed by atoms with Gasteiger partial charge in [0.15, 0.2) is 11.6 Å². The number of hydrogen-bond donors (Lipinski definition) is 0. The molecule has 1 aromatic carbocycles. The third-order valence-corrected chi connectivity index (χ3v) is 4.40. The Balaban J connectivity index is 0.00000109. The van der Waals surface area contributed by atoms with Gasteiger partial charge in [0.2, 0.25) is 0 Å². The van der Waals surface area contributed by atoms with Crippen LogP contribution in [0.1, 0.15) is 25.0 Å². The average molecular weight is 405 g/mol. The summed E-state index contributed by atoms with van der Waals surface area (Å²) < 4.78 is 29.4. The van der Waals surface area contributed by atoms with E-state index in [0.29, 0.717) is 17.0 Å². The Hall–Kier alpha value is -2.27. The van der Waals surface area contributed by atoms with Crippen molar-refractivity contribution in [2.75, 3.05) is 7.05 Å². The van der Waals surface area contributed by atoms with Gasteiger partial charge in [-0.2, -0.15) is 0 Å². The molecule has 130 valence electrons. The summed E-state index contributed by atoms with van der Waals surface area (Å²) in [7, 11) is 1.73. The van der Waals surface area contributed by atoms with Crippen LogP contribution in [0, 0.1) is 11.6 Å². The summed E-state index contributed by atoms with van der Waals surface area (Å²) in [4.78, 5) is 5.23. The monoisotopic (exact) mass is 404 g/mol. The van der Waals surface area contributed by atoms with Crippen LogP contribution >= 0.6 is 15.9 Å². The zero-order valence-electron chi connectivity index (χ0n) is 14.4. The Kier molecular flexibility index (Phi) is 6.26. The fourth-order valence-corrected chi connectivity index (χ4v) is 3.03. The average Bonchev–Trinajstić information content (AvgIpc) is 2.63. The highest BCUT2D eigenvalue weighted by molar-refractivity contribution is 9.12. The van der Waals surface area contributed by atoms with Crippen molar-refractivity contribution in [2.45, 2.75) is 13.8 Å². The minimum Gasteiger partial charge on any atom is -0.343 e. The van der Waals surface area contributed by atoms with E-state index in [9.17, 15) is 8.78 Å². The Morgan fingerprint density at radius 3 is 2.16 bits per heavy atom. The van der Waals surface area contributed by atoms with E-state index in [4.69, 9.17) is 0 Å². The fourth-order valence-electron chi connectivity index (χ4n) is 2.53. The van der Waals surface area contributed by atoms with Gasteiger partial charge in [-0.3, -0.25) is 4.98 Å². The highest BCUT2D eigenvalue weighted by Gasteiger charge is 2.27. The van der Waals surface area contributed by atoms with Gasteiger partial charge < -0.3 is 4.90 Å². The minimum atomic E-state index is -0.709. The number of halogens is 3. The first-order valence-electron chi connectivity index (χ1n) is 7.90. The van der Waals surface area contributed by atoms with Crippen LogP contribution in [0.2, 0.25) is 0 Å². The number of rotatable bonds is 2. The molecule has 0 amide bonds. The van der Waals surface area contributed by atoms with E-state index in [1.807, 2.05) is 50.3 Å². The summed E-state index contributed by atoms with van der Waals surface area (Å²) in [6, 6.07) is 9.44. The number of allylic oxidation sites excluding steroid dienone is 3. The van der Waals surface area contributed by atoms with Crippen molar-refractivity contribution in [3.63, 3.8) is 0 Å². The normalized spacial score (nSPS) is 14.1. The molecule has 0 N–H and O–H groups in total. The number of aromatic nitrogens is 1. The molecule has 0 fully saturated rings. The van der Waals surface area contributed by atoms with Gasteiger partial charge in [0.1, 0.15) is 0 Å². The molecule has 0 saturated heterocycles. The van der Waals surface area contributed by atoms with Crippen LogP contribution in [0.4, 0.5) is 8.78 Å². The number of benzene rings is 1. The Labute approximate surface area is 155 Å². The summed E-state index contributed by atoms with van der Waals surface area (Å²) in [6.45, 7) is 7.96. The van der Waals surface area contributed by atoms with Gasteiger partial charge in [-0.25, -0.2) is 8.78 Å². The van der Waals surface area contributed by atoms with Crippen LogP contribution in [0.15, 0.2) is 65.6 Å². The minimum absolute atomic E-state index is 0.112. The third-order valence-electron chi connectivity index (χ3n) is 3.72. The number of hydrogen-bond acceptors (Lipinski definition) is 2. The van der Waals surface area contributed by atoms with Crippen molar-refractivity contribution < 1.29 is 8.78 Å². The molecule has 1 aliphatic rings. The molecule has 0 saturated carbocycles. The predicted molar refractivity (Wildman–Crippen MR) is 103 cm³/mol. The molecule has 25 heavy (non-hydrogen) atoms. The molecular formula is C20H19BrF2N2. The molecule has 2 nitrogen and oxygen atoms in total. The first kappa shape index (κ1) is 19.1. The quantitative estimate of drug-likeness (QED) is 0.610. The second-order valence-corrected chi connectivity index (χ2v) is 5.96. The van der Waals surface area contributed by atoms with Crippen molar-refractivity contribution in [1.29, 1.82) is 0 Å². The van der Waals surface area contributed by atoms with E-state index < -0.39 is 11.6 Å². The van der Waals surface area contributed by atoms with Crippen molar-refractivity contribution in [2.24, 2.45) is 0 Å². The zero-order valence-corrected chi connectivity index (χ0v) is 15.9. The number of likely N-dealkylation sites (N-methyl/N-ethyl adjacent to an activating group) is 1. The summed E-state index contributed by atoms with van der Waals surface area (Å²) in [5.41, 5.74) is 2.49. The molecular weight excluding hydrogens is 386 g/mol. The van der Waals surface area contributed by atoms with Crippen molar-refractivity contribution in [1.82, 2.24) is 9.88 Å². The third kappa shape index (κ3) is 3.71. The maximum absolute atomic E-state index is 14.3. The molecule has 2 heterocycles. The summed E-state index contributed by atoms with van der Waals surface area (Å²) in [5.74, 6) is -1.42. The van der Waals surface area contributed by atoms with Gasteiger partial charge in [-0.1, -0.05) is 50.8 Å². The molecule has 1 aromatic heterocycles. The Morgan fingerprint density at radius 1 is 1.04 bits per heavy atom. The molecule has 3 rings (SSSR count). The topological polar surface area (TPSA) is 16.1 Å². The summed E-state index contributed by atoms with van der Waals surface area (Å²) in [6.07, 6.45) is 3.85. The standard InChI is InChI=1S/C18H13BrF2N2.C2H6/c1-11-14(19)8-13(12-6-4-3-5-7-12)18(23(11)2)17-15(20)9-22-10-16(17)21;1-2/h3-10H,1H2,2H3;1-2H3. The smallest absolute Gasteiger partial charge is 0.153 e. The lowest BCUT2D eigenvalue weighted by Crippen LogP contribution is -2.22. The first-order valence-corrected chi connectivity index (χ1v) is 8.69. The van der Waals surface area contributed by atoms with Gasteiger partial charge >= 0.3 is 0 Å². The van der Waals surface area contributed by atoms with Crippen molar-refractivity contribution >= 4 is 27.2 Å². The van der Waals surface area contributed by atoms with Crippen LogP contribution in [-0.4, -0.2) is 16.9 Å². The molecule has 0 bridgehead atoms. The van der Waals surface area contributed by atoms with Crippen molar-refractivity contribution in [3.8, 4) is 0 Å². The maximum Gasteiger partial charge on any atom is 0.153 e. The maximum atomic E-state index is 14.3. The first-order chi connectivity index (χ1) is 12.0. The molecule has 2 aromatic rings. The lowest BCUT2D eigenvalue weighted by molar-refractivity contribution is 0.543. The molecule has 5 heteroatoms. The van der Waals surface area contributed by atoms with E-state index >= 15 is 0 Å². The lowest BCUT2D eigenvalue weighted by atomic mass is 9.95. The second kappa shape index (κ2) is 8.21. The molecule has 0 aliphatic carbocycles. The molecule has 0 unspecified atom stereocenters. The zero-order chi connectivity index (χ0) is 18.6. The summed E-state index contributed by atoms with van der Waals surface area (Å²) >= 11 is 3.45.